The zero-order valence-electron chi connectivity index (χ0n) is 10.7. The van der Waals surface area contributed by atoms with Crippen LogP contribution in [0.15, 0.2) is 45.3 Å². The average Bonchev–Trinajstić information content (AvgIpc) is 2.30. The van der Waals surface area contributed by atoms with Crippen molar-refractivity contribution >= 4 is 37.5 Å². The van der Waals surface area contributed by atoms with Crippen LogP contribution in [0.1, 0.15) is 24.1 Å². The number of hydrogen-bond donors (Lipinski definition) is 1. The van der Waals surface area contributed by atoms with Crippen LogP contribution in [0.4, 0.5) is 10.1 Å². The topological polar surface area (TPSA) is 12.0 Å². The van der Waals surface area contributed by atoms with Gasteiger partial charge in [-0.1, -0.05) is 31.9 Å². The van der Waals surface area contributed by atoms with Crippen molar-refractivity contribution < 1.29 is 4.39 Å². The zero-order valence-corrected chi connectivity index (χ0v) is 13.8. The summed E-state index contributed by atoms with van der Waals surface area (Å²) in [6, 6.07) is 10.9. The Hall–Kier alpha value is -0.870. The minimum absolute atomic E-state index is 0.105. The van der Waals surface area contributed by atoms with Gasteiger partial charge in [0.05, 0.1) is 6.04 Å². The maximum Gasteiger partial charge on any atom is 0.128 e. The van der Waals surface area contributed by atoms with E-state index in [1.807, 2.05) is 32.0 Å². The summed E-state index contributed by atoms with van der Waals surface area (Å²) < 4.78 is 15.7. The minimum atomic E-state index is -0.199. The summed E-state index contributed by atoms with van der Waals surface area (Å²) in [7, 11) is 0. The molecule has 0 saturated carbocycles. The lowest BCUT2D eigenvalue weighted by Crippen LogP contribution is -2.08. The Morgan fingerprint density at radius 2 is 1.79 bits per heavy atom. The SMILES string of the molecule is Cc1cc(Br)cc(NC(C)c2cc(Br)ccc2F)c1. The first-order chi connectivity index (χ1) is 8.95. The molecule has 0 fully saturated rings. The third-order valence-electron chi connectivity index (χ3n) is 2.85. The lowest BCUT2D eigenvalue weighted by Gasteiger charge is -2.17. The molecule has 0 heterocycles. The normalized spacial score (nSPS) is 12.3. The number of anilines is 1. The molecule has 2 aromatic carbocycles. The van der Waals surface area contributed by atoms with E-state index in [-0.39, 0.29) is 11.9 Å². The third-order valence-corrected chi connectivity index (χ3v) is 3.80. The van der Waals surface area contributed by atoms with E-state index in [2.05, 4.69) is 37.2 Å². The van der Waals surface area contributed by atoms with Gasteiger partial charge in [-0.25, -0.2) is 4.39 Å². The van der Waals surface area contributed by atoms with Gasteiger partial charge in [-0.05, 0) is 55.8 Å². The third kappa shape index (κ3) is 3.80. The van der Waals surface area contributed by atoms with Gasteiger partial charge in [-0.2, -0.15) is 0 Å². The van der Waals surface area contributed by atoms with Crippen molar-refractivity contribution in [3.05, 3.63) is 62.3 Å². The van der Waals surface area contributed by atoms with E-state index in [4.69, 9.17) is 0 Å². The Labute approximate surface area is 129 Å². The molecule has 0 bridgehead atoms. The number of aryl methyl sites for hydroxylation is 1. The highest BCUT2D eigenvalue weighted by Gasteiger charge is 2.11. The number of benzene rings is 2. The highest BCUT2D eigenvalue weighted by Crippen LogP contribution is 2.26. The van der Waals surface area contributed by atoms with E-state index < -0.39 is 0 Å². The first kappa shape index (κ1) is 14.5. The van der Waals surface area contributed by atoms with Crippen molar-refractivity contribution in [3.63, 3.8) is 0 Å². The molecule has 0 spiro atoms. The molecule has 0 aliphatic rings. The number of halogens is 3. The molecule has 0 radical (unpaired) electrons. The van der Waals surface area contributed by atoms with Crippen molar-refractivity contribution in [2.24, 2.45) is 0 Å². The molecule has 1 nitrogen and oxygen atoms in total. The molecule has 0 amide bonds. The predicted molar refractivity (Wildman–Crippen MR) is 85.0 cm³/mol. The smallest absolute Gasteiger partial charge is 0.128 e. The van der Waals surface area contributed by atoms with Crippen LogP contribution in [0.5, 0.6) is 0 Å². The van der Waals surface area contributed by atoms with Crippen molar-refractivity contribution in [3.8, 4) is 0 Å². The average molecular weight is 387 g/mol. The van der Waals surface area contributed by atoms with Crippen molar-refractivity contribution in [1.29, 1.82) is 0 Å². The summed E-state index contributed by atoms with van der Waals surface area (Å²) >= 11 is 6.83. The zero-order chi connectivity index (χ0) is 14.0. The molecule has 19 heavy (non-hydrogen) atoms. The Balaban J connectivity index is 2.25. The lowest BCUT2D eigenvalue weighted by atomic mass is 10.1. The standard InChI is InChI=1S/C15H14Br2FN/c1-9-5-12(17)7-13(6-9)19-10(2)14-8-11(16)3-4-15(14)18/h3-8,10,19H,1-2H3. The van der Waals surface area contributed by atoms with E-state index in [9.17, 15) is 4.39 Å². The first-order valence-electron chi connectivity index (χ1n) is 5.94. The maximum atomic E-state index is 13.8. The van der Waals surface area contributed by atoms with Crippen molar-refractivity contribution in [1.82, 2.24) is 0 Å². The van der Waals surface area contributed by atoms with Gasteiger partial charge >= 0.3 is 0 Å². The fourth-order valence-electron chi connectivity index (χ4n) is 1.99. The predicted octanol–water partition coefficient (Wildman–Crippen LogP) is 5.83. The van der Waals surface area contributed by atoms with Gasteiger partial charge in [-0.3, -0.25) is 0 Å². The van der Waals surface area contributed by atoms with Crippen LogP contribution >= 0.6 is 31.9 Å². The fraction of sp³-hybridized carbons (Fsp3) is 0.200. The van der Waals surface area contributed by atoms with Crippen LogP contribution in [-0.4, -0.2) is 0 Å². The van der Waals surface area contributed by atoms with Crippen LogP contribution in [-0.2, 0) is 0 Å². The molecule has 1 N–H and O–H groups in total. The number of nitrogens with one attached hydrogen (secondary N) is 1. The minimum Gasteiger partial charge on any atom is -0.378 e. The second-order valence-corrected chi connectivity index (χ2v) is 6.38. The lowest BCUT2D eigenvalue weighted by molar-refractivity contribution is 0.600. The Bertz CT molecular complexity index is 578. The first-order valence-corrected chi connectivity index (χ1v) is 7.53. The number of hydrogen-bond acceptors (Lipinski definition) is 1. The van der Waals surface area contributed by atoms with Gasteiger partial charge in [0.1, 0.15) is 5.82 Å². The van der Waals surface area contributed by atoms with Gasteiger partial charge in [0.2, 0.25) is 0 Å². The summed E-state index contributed by atoms with van der Waals surface area (Å²) in [4.78, 5) is 0. The van der Waals surface area contributed by atoms with Crippen LogP contribution in [0, 0.1) is 12.7 Å². The molecule has 0 saturated heterocycles. The quantitative estimate of drug-likeness (QED) is 0.699. The summed E-state index contributed by atoms with van der Waals surface area (Å²) in [5.74, 6) is -0.199. The molecule has 2 rings (SSSR count). The molecule has 4 heteroatoms. The fourth-order valence-corrected chi connectivity index (χ4v) is 2.98. The molecular formula is C15H14Br2FN. The van der Waals surface area contributed by atoms with Crippen LogP contribution in [0.2, 0.25) is 0 Å². The summed E-state index contributed by atoms with van der Waals surface area (Å²) in [6.07, 6.45) is 0. The van der Waals surface area contributed by atoms with E-state index in [1.54, 1.807) is 12.1 Å². The van der Waals surface area contributed by atoms with E-state index in [0.717, 1.165) is 20.2 Å². The van der Waals surface area contributed by atoms with E-state index in [0.29, 0.717) is 5.56 Å². The second kappa shape index (κ2) is 6.06. The maximum absolute atomic E-state index is 13.8. The molecule has 2 aromatic rings. The molecule has 0 aromatic heterocycles. The monoisotopic (exact) mass is 385 g/mol. The molecule has 1 atom stereocenters. The molecule has 1 unspecified atom stereocenters. The highest BCUT2D eigenvalue weighted by atomic mass is 79.9. The van der Waals surface area contributed by atoms with Crippen LogP contribution < -0.4 is 5.32 Å². The van der Waals surface area contributed by atoms with Gasteiger partial charge in [0, 0.05) is 20.2 Å². The Morgan fingerprint density at radius 1 is 1.05 bits per heavy atom. The Morgan fingerprint density at radius 3 is 2.47 bits per heavy atom. The van der Waals surface area contributed by atoms with Gasteiger partial charge < -0.3 is 5.32 Å². The number of rotatable bonds is 3. The molecular weight excluding hydrogens is 373 g/mol. The summed E-state index contributed by atoms with van der Waals surface area (Å²) in [5.41, 5.74) is 2.77. The van der Waals surface area contributed by atoms with E-state index in [1.165, 1.54) is 6.07 Å². The molecule has 0 aliphatic carbocycles. The van der Waals surface area contributed by atoms with Gasteiger partial charge in [0.25, 0.3) is 0 Å². The Kier molecular flexibility index (Phi) is 4.63. The largest absolute Gasteiger partial charge is 0.378 e. The highest BCUT2D eigenvalue weighted by molar-refractivity contribution is 9.10. The molecule has 100 valence electrons. The van der Waals surface area contributed by atoms with Gasteiger partial charge in [-0.15, -0.1) is 0 Å². The van der Waals surface area contributed by atoms with Crippen LogP contribution in [0.3, 0.4) is 0 Å². The molecule has 0 aliphatic heterocycles. The summed E-state index contributed by atoms with van der Waals surface area (Å²) in [5, 5.41) is 3.32. The van der Waals surface area contributed by atoms with E-state index >= 15 is 0 Å². The van der Waals surface area contributed by atoms with Crippen LogP contribution in [0.25, 0.3) is 0 Å². The van der Waals surface area contributed by atoms with Crippen molar-refractivity contribution in [2.75, 3.05) is 5.32 Å². The van der Waals surface area contributed by atoms with Crippen molar-refractivity contribution in [2.45, 2.75) is 19.9 Å². The summed E-state index contributed by atoms with van der Waals surface area (Å²) in [6.45, 7) is 3.97. The van der Waals surface area contributed by atoms with Gasteiger partial charge in [0.15, 0.2) is 0 Å². The second-order valence-electron chi connectivity index (χ2n) is 4.55.